The van der Waals surface area contributed by atoms with Gasteiger partial charge in [-0.05, 0) is 67.0 Å². The summed E-state index contributed by atoms with van der Waals surface area (Å²) in [4.78, 5) is 16.9. The first-order chi connectivity index (χ1) is 13.2. The summed E-state index contributed by atoms with van der Waals surface area (Å²) in [5.41, 5.74) is 1.82. The number of tetrazole rings is 1. The summed E-state index contributed by atoms with van der Waals surface area (Å²) < 4.78 is 4.14. The molecule has 152 valence electrons. The van der Waals surface area contributed by atoms with Crippen LogP contribution in [0.4, 0.5) is 0 Å². The number of aromatic nitrogens is 4. The van der Waals surface area contributed by atoms with Gasteiger partial charge in [-0.25, -0.2) is 9.36 Å². The van der Waals surface area contributed by atoms with E-state index >= 15 is 0 Å². The quantitative estimate of drug-likeness (QED) is 0.736. The summed E-state index contributed by atoms with van der Waals surface area (Å²) in [6.45, 7) is 14.1. The molecule has 0 spiro atoms. The summed E-state index contributed by atoms with van der Waals surface area (Å²) in [7, 11) is 0. The van der Waals surface area contributed by atoms with Crippen molar-refractivity contribution < 1.29 is 4.79 Å². The van der Waals surface area contributed by atoms with E-state index in [4.69, 9.17) is 12.2 Å². The van der Waals surface area contributed by atoms with Crippen LogP contribution in [0.25, 0.3) is 0 Å². The van der Waals surface area contributed by atoms with Gasteiger partial charge in [0, 0.05) is 31.7 Å². The van der Waals surface area contributed by atoms with Crippen molar-refractivity contribution in [1.82, 2.24) is 29.6 Å². The molecule has 0 aliphatic carbocycles. The third-order valence-electron chi connectivity index (χ3n) is 5.09. The molecule has 1 aromatic heterocycles. The Kier molecular flexibility index (Phi) is 6.00. The Morgan fingerprint density at radius 2 is 1.68 bits per heavy atom. The predicted octanol–water partition coefficient (Wildman–Crippen LogP) is 3.10. The molecule has 0 atom stereocenters. The Balaban J connectivity index is 1.58. The molecular formula is C20H30N6OS. The van der Waals surface area contributed by atoms with Crippen LogP contribution in [0.15, 0.2) is 24.3 Å². The van der Waals surface area contributed by atoms with Crippen molar-refractivity contribution in [3.63, 3.8) is 0 Å². The zero-order valence-electron chi connectivity index (χ0n) is 17.4. The van der Waals surface area contributed by atoms with E-state index in [9.17, 15) is 4.79 Å². The topological polar surface area (TPSA) is 59.2 Å². The molecule has 1 aliphatic rings. The smallest absolute Gasteiger partial charge is 0.253 e. The van der Waals surface area contributed by atoms with Gasteiger partial charge in [-0.3, -0.25) is 9.69 Å². The van der Waals surface area contributed by atoms with Gasteiger partial charge in [0.1, 0.15) is 0 Å². The summed E-state index contributed by atoms with van der Waals surface area (Å²) in [6, 6.07) is 7.98. The number of amides is 1. The summed E-state index contributed by atoms with van der Waals surface area (Å²) in [5.74, 6) is 0.570. The maximum absolute atomic E-state index is 12.8. The van der Waals surface area contributed by atoms with Gasteiger partial charge in [0.2, 0.25) is 4.77 Å². The van der Waals surface area contributed by atoms with E-state index in [1.54, 1.807) is 9.36 Å². The fourth-order valence-electron chi connectivity index (χ4n) is 3.26. The molecule has 0 unspecified atom stereocenters. The number of nitrogens with zero attached hydrogens (tertiary/aromatic N) is 6. The van der Waals surface area contributed by atoms with E-state index in [1.807, 2.05) is 17.0 Å². The lowest BCUT2D eigenvalue weighted by Crippen LogP contribution is -2.49. The van der Waals surface area contributed by atoms with E-state index < -0.39 is 0 Å². The van der Waals surface area contributed by atoms with E-state index in [0.29, 0.717) is 30.4 Å². The molecule has 3 rings (SSSR count). The van der Waals surface area contributed by atoms with Crippen LogP contribution in [-0.2, 0) is 12.2 Å². The van der Waals surface area contributed by atoms with Crippen molar-refractivity contribution in [1.29, 1.82) is 0 Å². The highest BCUT2D eigenvalue weighted by molar-refractivity contribution is 7.71. The standard InChI is InChI=1S/C20H30N6OS/c1-15(2)16-6-8-17(9-7-16)18(27)24-12-10-23(11-13-24)14-25-19(28)26(22-21-25)20(3,4)5/h6-9,15H,10-14H2,1-5H3. The van der Waals surface area contributed by atoms with Gasteiger partial charge < -0.3 is 4.90 Å². The number of hydrogen-bond donors (Lipinski definition) is 0. The molecule has 1 fully saturated rings. The first-order valence-electron chi connectivity index (χ1n) is 9.81. The van der Waals surface area contributed by atoms with E-state index in [1.165, 1.54) is 5.56 Å². The van der Waals surface area contributed by atoms with Crippen LogP contribution in [0.2, 0.25) is 0 Å². The maximum atomic E-state index is 12.8. The van der Waals surface area contributed by atoms with Crippen molar-refractivity contribution in [3.05, 3.63) is 40.2 Å². The van der Waals surface area contributed by atoms with Crippen molar-refractivity contribution in [2.75, 3.05) is 26.2 Å². The minimum atomic E-state index is -0.189. The summed E-state index contributed by atoms with van der Waals surface area (Å²) >= 11 is 5.51. The molecule has 1 amide bonds. The average Bonchev–Trinajstić information content (AvgIpc) is 3.02. The molecule has 0 saturated carbocycles. The third kappa shape index (κ3) is 4.50. The second kappa shape index (κ2) is 8.13. The highest BCUT2D eigenvalue weighted by atomic mass is 32.1. The van der Waals surface area contributed by atoms with E-state index in [0.717, 1.165) is 18.7 Å². The minimum Gasteiger partial charge on any atom is -0.336 e. The number of hydrogen-bond acceptors (Lipinski definition) is 5. The predicted molar refractivity (Wildman–Crippen MR) is 112 cm³/mol. The molecule has 0 N–H and O–H groups in total. The van der Waals surface area contributed by atoms with E-state index in [2.05, 4.69) is 62.1 Å². The number of carbonyl (C=O) groups excluding carboxylic acids is 1. The van der Waals surface area contributed by atoms with Crippen molar-refractivity contribution in [2.24, 2.45) is 0 Å². The molecule has 0 radical (unpaired) electrons. The maximum Gasteiger partial charge on any atom is 0.253 e. The van der Waals surface area contributed by atoms with Crippen molar-refractivity contribution in [3.8, 4) is 0 Å². The number of piperazine rings is 1. The van der Waals surface area contributed by atoms with Crippen molar-refractivity contribution in [2.45, 2.75) is 52.7 Å². The molecular weight excluding hydrogens is 372 g/mol. The molecule has 2 heterocycles. The third-order valence-corrected chi connectivity index (χ3v) is 5.48. The van der Waals surface area contributed by atoms with Gasteiger partial charge in [0.15, 0.2) is 0 Å². The van der Waals surface area contributed by atoms with Gasteiger partial charge >= 0.3 is 0 Å². The second-order valence-corrected chi connectivity index (χ2v) is 9.04. The fourth-order valence-corrected chi connectivity index (χ4v) is 3.66. The summed E-state index contributed by atoms with van der Waals surface area (Å²) in [6.07, 6.45) is 0. The van der Waals surface area contributed by atoms with Crippen LogP contribution in [0.5, 0.6) is 0 Å². The number of benzene rings is 1. The van der Waals surface area contributed by atoms with Crippen LogP contribution in [0.1, 0.15) is 56.5 Å². The molecule has 0 bridgehead atoms. The highest BCUT2D eigenvalue weighted by Gasteiger charge is 2.24. The first kappa shape index (κ1) is 20.7. The van der Waals surface area contributed by atoms with Crippen LogP contribution in [0.3, 0.4) is 0 Å². The zero-order chi connectivity index (χ0) is 20.5. The minimum absolute atomic E-state index is 0.102. The van der Waals surface area contributed by atoms with Crippen LogP contribution >= 0.6 is 12.2 Å². The average molecular weight is 403 g/mol. The van der Waals surface area contributed by atoms with Gasteiger partial charge in [-0.2, -0.15) is 0 Å². The Hall–Kier alpha value is -2.06. The zero-order valence-corrected chi connectivity index (χ0v) is 18.2. The Morgan fingerprint density at radius 1 is 1.07 bits per heavy atom. The largest absolute Gasteiger partial charge is 0.336 e. The Bertz CT molecular complexity index is 869. The monoisotopic (exact) mass is 402 g/mol. The molecule has 28 heavy (non-hydrogen) atoms. The normalized spacial score (nSPS) is 16.0. The van der Waals surface area contributed by atoms with Crippen LogP contribution in [-0.4, -0.2) is 61.7 Å². The molecule has 1 aliphatic heterocycles. The van der Waals surface area contributed by atoms with Gasteiger partial charge in [-0.15, -0.1) is 0 Å². The lowest BCUT2D eigenvalue weighted by Gasteiger charge is -2.34. The lowest BCUT2D eigenvalue weighted by atomic mass is 10.0. The first-order valence-corrected chi connectivity index (χ1v) is 10.2. The second-order valence-electron chi connectivity index (χ2n) is 8.67. The molecule has 1 saturated heterocycles. The lowest BCUT2D eigenvalue weighted by molar-refractivity contribution is 0.0584. The fraction of sp³-hybridized carbons (Fsp3) is 0.600. The number of carbonyl (C=O) groups is 1. The molecule has 1 aromatic carbocycles. The van der Waals surface area contributed by atoms with Crippen LogP contribution < -0.4 is 0 Å². The van der Waals surface area contributed by atoms with Gasteiger partial charge in [0.05, 0.1) is 12.2 Å². The van der Waals surface area contributed by atoms with Crippen LogP contribution in [0, 0.1) is 4.77 Å². The van der Waals surface area contributed by atoms with E-state index in [-0.39, 0.29) is 11.4 Å². The molecule has 8 heteroatoms. The van der Waals surface area contributed by atoms with Gasteiger partial charge in [0.25, 0.3) is 5.91 Å². The molecule has 2 aromatic rings. The molecule has 7 nitrogen and oxygen atoms in total. The van der Waals surface area contributed by atoms with Gasteiger partial charge in [-0.1, -0.05) is 26.0 Å². The number of rotatable bonds is 4. The Morgan fingerprint density at radius 3 is 2.18 bits per heavy atom. The van der Waals surface area contributed by atoms with Crippen molar-refractivity contribution >= 4 is 18.1 Å². The Labute approximate surface area is 171 Å². The summed E-state index contributed by atoms with van der Waals surface area (Å²) in [5, 5.41) is 8.39. The highest BCUT2D eigenvalue weighted by Crippen LogP contribution is 2.17. The SMILES string of the molecule is CC(C)c1ccc(C(=O)N2CCN(Cn3nnn(C(C)(C)C)c3=S)CC2)cc1.